The van der Waals surface area contributed by atoms with Gasteiger partial charge in [0, 0.05) is 26.6 Å². The van der Waals surface area contributed by atoms with Gasteiger partial charge in [-0.1, -0.05) is 18.2 Å². The Kier molecular flexibility index (Phi) is 3.47. The minimum absolute atomic E-state index is 0.0808. The highest BCUT2D eigenvalue weighted by Gasteiger charge is 2.50. The number of methoxy groups -OCH3 is 3. The molecular formula is C19H23NO3. The summed E-state index contributed by atoms with van der Waals surface area (Å²) < 4.78 is 16.7. The van der Waals surface area contributed by atoms with Crippen LogP contribution in [-0.2, 0) is 16.7 Å². The second-order valence-electron chi connectivity index (χ2n) is 6.42. The molecule has 1 aromatic carbocycles. The molecule has 0 fully saturated rings. The summed E-state index contributed by atoms with van der Waals surface area (Å²) in [7, 11) is 5.19. The Labute approximate surface area is 137 Å². The normalized spacial score (nSPS) is 28.7. The van der Waals surface area contributed by atoms with E-state index < -0.39 is 0 Å². The van der Waals surface area contributed by atoms with Crippen LogP contribution in [0.5, 0.6) is 11.5 Å². The van der Waals surface area contributed by atoms with Crippen molar-refractivity contribution >= 4 is 0 Å². The van der Waals surface area contributed by atoms with Crippen molar-refractivity contribution in [2.45, 2.75) is 24.5 Å². The molecule has 1 spiro atoms. The van der Waals surface area contributed by atoms with Gasteiger partial charge in [0.25, 0.3) is 0 Å². The van der Waals surface area contributed by atoms with Crippen molar-refractivity contribution in [3.8, 4) is 11.5 Å². The third-order valence-electron chi connectivity index (χ3n) is 5.54. The predicted molar refractivity (Wildman–Crippen MR) is 89.1 cm³/mol. The van der Waals surface area contributed by atoms with Crippen LogP contribution in [0.15, 0.2) is 35.9 Å². The van der Waals surface area contributed by atoms with Gasteiger partial charge in [0.05, 0.1) is 25.9 Å². The summed E-state index contributed by atoms with van der Waals surface area (Å²) >= 11 is 0. The number of benzene rings is 1. The fourth-order valence-corrected chi connectivity index (χ4v) is 4.39. The lowest BCUT2D eigenvalue weighted by Gasteiger charge is -2.48. The molecule has 1 aromatic rings. The lowest BCUT2D eigenvalue weighted by Crippen LogP contribution is -2.51. The van der Waals surface area contributed by atoms with E-state index in [1.54, 1.807) is 21.3 Å². The zero-order valence-electron chi connectivity index (χ0n) is 14.0. The van der Waals surface area contributed by atoms with Gasteiger partial charge in [-0.15, -0.1) is 0 Å². The fourth-order valence-electron chi connectivity index (χ4n) is 4.39. The van der Waals surface area contributed by atoms with Crippen molar-refractivity contribution in [3.05, 3.63) is 47.1 Å². The Morgan fingerprint density at radius 2 is 1.91 bits per heavy atom. The Morgan fingerprint density at radius 1 is 1.13 bits per heavy atom. The third-order valence-corrected chi connectivity index (χ3v) is 5.54. The summed E-state index contributed by atoms with van der Waals surface area (Å²) in [5.41, 5.74) is 4.01. The highest BCUT2D eigenvalue weighted by Crippen LogP contribution is 2.52. The zero-order chi connectivity index (χ0) is 16.0. The van der Waals surface area contributed by atoms with Crippen LogP contribution in [0, 0.1) is 0 Å². The fraction of sp³-hybridized carbons (Fsp3) is 0.474. The van der Waals surface area contributed by atoms with Gasteiger partial charge in [-0.2, -0.15) is 0 Å². The van der Waals surface area contributed by atoms with E-state index in [0.717, 1.165) is 37.4 Å². The van der Waals surface area contributed by atoms with Crippen molar-refractivity contribution in [1.29, 1.82) is 0 Å². The van der Waals surface area contributed by atoms with Crippen LogP contribution in [-0.4, -0.2) is 45.4 Å². The van der Waals surface area contributed by atoms with Crippen molar-refractivity contribution in [1.82, 2.24) is 4.90 Å². The van der Waals surface area contributed by atoms with Crippen LogP contribution in [0.4, 0.5) is 0 Å². The van der Waals surface area contributed by atoms with Crippen molar-refractivity contribution < 1.29 is 14.2 Å². The van der Waals surface area contributed by atoms with Crippen LogP contribution in [0.2, 0.25) is 0 Å². The molecule has 0 saturated carbocycles. The highest BCUT2D eigenvalue weighted by molar-refractivity contribution is 5.57. The molecule has 0 amide bonds. The van der Waals surface area contributed by atoms with E-state index in [1.807, 2.05) is 0 Å². The molecule has 23 heavy (non-hydrogen) atoms. The topological polar surface area (TPSA) is 30.9 Å². The number of ether oxygens (including phenoxy) is 3. The molecule has 2 atom stereocenters. The zero-order valence-corrected chi connectivity index (χ0v) is 14.0. The predicted octanol–water partition coefficient (Wildman–Crippen LogP) is 2.67. The van der Waals surface area contributed by atoms with E-state index in [2.05, 4.69) is 35.3 Å². The van der Waals surface area contributed by atoms with Gasteiger partial charge in [0.15, 0.2) is 11.5 Å². The van der Waals surface area contributed by atoms with Crippen molar-refractivity contribution in [2.75, 3.05) is 34.4 Å². The molecule has 4 heteroatoms. The average Bonchev–Trinajstić information content (AvgIpc) is 2.99. The molecule has 2 aliphatic heterocycles. The van der Waals surface area contributed by atoms with Crippen LogP contribution in [0.1, 0.15) is 17.5 Å². The standard InChI is InChI=1S/C19H23NO3/c1-21-15-5-4-14-7-9-20-8-6-13-10-17(22-2)18(23-3)11-16(13)19(14,20)12-15/h4-5,7,10-11,15H,6,8-9,12H2,1-3H3/t15-,19+/m0/s1. The molecule has 2 heterocycles. The van der Waals surface area contributed by atoms with Crippen LogP contribution < -0.4 is 9.47 Å². The van der Waals surface area contributed by atoms with E-state index >= 15 is 0 Å². The lowest BCUT2D eigenvalue weighted by molar-refractivity contribution is 0.0513. The smallest absolute Gasteiger partial charge is 0.161 e. The number of hydrogen-bond acceptors (Lipinski definition) is 4. The Balaban J connectivity index is 1.91. The SMILES string of the molecule is COc1cc2c(cc1OC)[C@@]13C[C@@H](OC)C=CC1=CCN3CC2. The number of nitrogens with zero attached hydrogens (tertiary/aromatic N) is 1. The van der Waals surface area contributed by atoms with Crippen molar-refractivity contribution in [3.63, 3.8) is 0 Å². The van der Waals surface area contributed by atoms with Gasteiger partial charge in [-0.25, -0.2) is 0 Å². The van der Waals surface area contributed by atoms with Gasteiger partial charge in [-0.3, -0.25) is 4.90 Å². The summed E-state index contributed by atoms with van der Waals surface area (Å²) in [6.07, 6.45) is 8.91. The molecule has 3 aliphatic rings. The summed E-state index contributed by atoms with van der Waals surface area (Å²) in [5, 5.41) is 0. The maximum Gasteiger partial charge on any atom is 0.161 e. The summed E-state index contributed by atoms with van der Waals surface area (Å²) in [6.45, 7) is 2.07. The van der Waals surface area contributed by atoms with Gasteiger partial charge in [-0.05, 0) is 35.3 Å². The number of fused-ring (bicyclic) bond motifs is 1. The van der Waals surface area contributed by atoms with Gasteiger partial charge in [0.1, 0.15) is 0 Å². The molecule has 122 valence electrons. The first-order valence-electron chi connectivity index (χ1n) is 8.15. The van der Waals surface area contributed by atoms with Crippen LogP contribution >= 0.6 is 0 Å². The lowest BCUT2D eigenvalue weighted by atomic mass is 9.71. The second kappa shape index (κ2) is 5.39. The Bertz CT molecular complexity index is 694. The number of hydrogen-bond donors (Lipinski definition) is 0. The maximum atomic E-state index is 5.66. The van der Waals surface area contributed by atoms with Gasteiger partial charge < -0.3 is 14.2 Å². The van der Waals surface area contributed by atoms with E-state index in [-0.39, 0.29) is 11.6 Å². The molecule has 0 bridgehead atoms. The minimum atomic E-state index is -0.0808. The molecule has 1 aliphatic carbocycles. The van der Waals surface area contributed by atoms with E-state index in [9.17, 15) is 0 Å². The highest BCUT2D eigenvalue weighted by atomic mass is 16.5. The van der Waals surface area contributed by atoms with E-state index in [1.165, 1.54) is 16.7 Å². The maximum absolute atomic E-state index is 5.66. The van der Waals surface area contributed by atoms with Gasteiger partial charge >= 0.3 is 0 Å². The quantitative estimate of drug-likeness (QED) is 0.858. The first kappa shape index (κ1) is 14.8. The summed E-state index contributed by atoms with van der Waals surface area (Å²) in [5.74, 6) is 1.62. The average molecular weight is 313 g/mol. The number of rotatable bonds is 3. The molecular weight excluding hydrogens is 290 g/mol. The second-order valence-corrected chi connectivity index (χ2v) is 6.42. The Morgan fingerprint density at radius 3 is 2.65 bits per heavy atom. The molecule has 0 saturated heterocycles. The molecule has 0 unspecified atom stereocenters. The first-order chi connectivity index (χ1) is 11.2. The summed E-state index contributed by atoms with van der Waals surface area (Å²) in [4.78, 5) is 2.58. The Hall–Kier alpha value is -1.78. The van der Waals surface area contributed by atoms with Crippen LogP contribution in [0.3, 0.4) is 0 Å². The first-order valence-corrected chi connectivity index (χ1v) is 8.15. The largest absolute Gasteiger partial charge is 0.493 e. The van der Waals surface area contributed by atoms with Crippen LogP contribution in [0.25, 0.3) is 0 Å². The molecule has 4 rings (SSSR count). The minimum Gasteiger partial charge on any atom is -0.493 e. The van der Waals surface area contributed by atoms with E-state index in [4.69, 9.17) is 14.2 Å². The summed E-state index contributed by atoms with van der Waals surface area (Å²) in [6, 6.07) is 4.32. The molecule has 0 aromatic heterocycles. The van der Waals surface area contributed by atoms with Gasteiger partial charge in [0.2, 0.25) is 0 Å². The van der Waals surface area contributed by atoms with E-state index in [0.29, 0.717) is 0 Å². The monoisotopic (exact) mass is 313 g/mol. The molecule has 4 nitrogen and oxygen atoms in total. The third kappa shape index (κ3) is 1.98. The van der Waals surface area contributed by atoms with Crippen molar-refractivity contribution in [2.24, 2.45) is 0 Å². The molecule has 0 radical (unpaired) electrons. The molecule has 0 N–H and O–H groups in total.